The molecule has 2 aromatic rings. The number of carbonyl (C=O) groups is 3. The molecule has 38 heavy (non-hydrogen) atoms. The zero-order valence-electron chi connectivity index (χ0n) is 20.2. The summed E-state index contributed by atoms with van der Waals surface area (Å²) in [4.78, 5) is 42.0. The summed E-state index contributed by atoms with van der Waals surface area (Å²) < 4.78 is 47.7. The van der Waals surface area contributed by atoms with Crippen molar-refractivity contribution in [1.29, 1.82) is 0 Å². The van der Waals surface area contributed by atoms with Crippen LogP contribution in [-0.4, -0.2) is 67.1 Å². The maximum absolute atomic E-state index is 14.1. The molecule has 2 heterocycles. The van der Waals surface area contributed by atoms with Gasteiger partial charge in [-0.3, -0.25) is 19.3 Å². The minimum Gasteiger partial charge on any atom is -0.370 e. The van der Waals surface area contributed by atoms with Gasteiger partial charge in [0, 0.05) is 30.9 Å². The first-order chi connectivity index (χ1) is 18.1. The van der Waals surface area contributed by atoms with Gasteiger partial charge in [0.1, 0.15) is 12.6 Å². The van der Waals surface area contributed by atoms with Crippen molar-refractivity contribution in [3.8, 4) is 0 Å². The van der Waals surface area contributed by atoms with E-state index in [9.17, 15) is 27.6 Å². The fourth-order valence-electron chi connectivity index (χ4n) is 4.65. The molecule has 3 fully saturated rings. The van der Waals surface area contributed by atoms with Gasteiger partial charge in [0.25, 0.3) is 11.8 Å². The zero-order chi connectivity index (χ0) is 27.0. The normalized spacial score (nSPS) is 19.0. The molecule has 1 aliphatic heterocycles. The number of nitrogens with zero attached hydrogens (tertiary/aromatic N) is 2. The Hall–Kier alpha value is -2.67. The number of amides is 3. The smallest absolute Gasteiger partial charge is 0.370 e. The van der Waals surface area contributed by atoms with Crippen LogP contribution in [0.1, 0.15) is 40.9 Å². The molecule has 0 bridgehead atoms. The number of benzene rings is 1. The highest BCUT2D eigenvalue weighted by atomic mass is 35.5. The Labute approximate surface area is 226 Å². The minimum atomic E-state index is -4.78. The molecule has 2 aliphatic carbocycles. The van der Waals surface area contributed by atoms with Gasteiger partial charge in [-0.15, -0.1) is 11.3 Å². The van der Waals surface area contributed by atoms with Crippen LogP contribution in [0.4, 0.5) is 24.5 Å². The molecule has 0 unspecified atom stereocenters. The van der Waals surface area contributed by atoms with E-state index in [1.54, 1.807) is 12.1 Å². The molecule has 1 aromatic heterocycles. The molecule has 3 amide bonds. The Morgan fingerprint density at radius 3 is 2.45 bits per heavy atom. The third kappa shape index (κ3) is 6.14. The molecule has 8 nitrogen and oxygen atoms in total. The van der Waals surface area contributed by atoms with E-state index in [2.05, 4.69) is 10.6 Å². The number of hydrogen-bond acceptors (Lipinski definition) is 6. The first-order valence-corrected chi connectivity index (χ1v) is 13.5. The van der Waals surface area contributed by atoms with E-state index in [-0.39, 0.29) is 44.1 Å². The van der Waals surface area contributed by atoms with E-state index in [0.29, 0.717) is 9.21 Å². The van der Waals surface area contributed by atoms with Crippen LogP contribution in [0.5, 0.6) is 0 Å². The lowest BCUT2D eigenvalue weighted by Crippen LogP contribution is -2.52. The van der Waals surface area contributed by atoms with E-state index in [1.165, 1.54) is 17.0 Å². The van der Waals surface area contributed by atoms with Crippen LogP contribution >= 0.6 is 22.9 Å². The molecule has 3 aliphatic rings. The minimum absolute atomic E-state index is 0.0606. The van der Waals surface area contributed by atoms with Gasteiger partial charge in [0.05, 0.1) is 27.1 Å². The number of morpholine rings is 1. The summed E-state index contributed by atoms with van der Waals surface area (Å²) >= 11 is 7.03. The van der Waals surface area contributed by atoms with Crippen LogP contribution in [0.15, 0.2) is 30.3 Å². The average Bonchev–Trinajstić information content (AvgIpc) is 3.81. The Kier molecular flexibility index (Phi) is 7.67. The maximum atomic E-state index is 14.1. The standard InChI is InChI=1S/C25H26ClF3N4O4S/c26-21-8-7-20(38-21)24(36)30-12-19(33(14-1-2-14)15-3-4-15)23(35)31-18-6-5-16(11-17(18)25(27,28)29)32-9-10-37-13-22(32)34/h5-8,11,14-15,19H,1-4,9-10,12-13H2,(H,30,36)(H,31,35)/t19-/m0/s1. The fourth-order valence-corrected chi connectivity index (χ4v) is 5.61. The largest absolute Gasteiger partial charge is 0.418 e. The molecule has 1 aromatic carbocycles. The van der Waals surface area contributed by atoms with Gasteiger partial charge >= 0.3 is 6.18 Å². The summed E-state index contributed by atoms with van der Waals surface area (Å²) in [6.45, 7) is 0.0869. The van der Waals surface area contributed by atoms with Crippen LogP contribution in [0.3, 0.4) is 0 Å². The second-order valence-electron chi connectivity index (χ2n) is 9.55. The highest BCUT2D eigenvalue weighted by Crippen LogP contribution is 2.40. The molecule has 204 valence electrons. The molecule has 1 saturated heterocycles. The number of anilines is 2. The molecular weight excluding hydrogens is 545 g/mol. The second kappa shape index (κ2) is 10.8. The van der Waals surface area contributed by atoms with Gasteiger partial charge in [0.2, 0.25) is 5.91 Å². The lowest BCUT2D eigenvalue weighted by molar-refractivity contribution is -0.137. The van der Waals surface area contributed by atoms with Crippen molar-refractivity contribution in [1.82, 2.24) is 10.2 Å². The third-order valence-electron chi connectivity index (χ3n) is 6.72. The van der Waals surface area contributed by atoms with Gasteiger partial charge in [0.15, 0.2) is 0 Å². The maximum Gasteiger partial charge on any atom is 0.418 e. The molecule has 2 N–H and O–H groups in total. The Morgan fingerprint density at radius 1 is 1.16 bits per heavy atom. The van der Waals surface area contributed by atoms with Crippen LogP contribution in [-0.2, 0) is 20.5 Å². The predicted molar refractivity (Wildman–Crippen MR) is 137 cm³/mol. The van der Waals surface area contributed by atoms with Crippen molar-refractivity contribution < 1.29 is 32.3 Å². The van der Waals surface area contributed by atoms with Gasteiger partial charge in [-0.05, 0) is 56.0 Å². The fraction of sp³-hybridized carbons (Fsp3) is 0.480. The number of nitrogens with one attached hydrogen (secondary N) is 2. The van der Waals surface area contributed by atoms with Gasteiger partial charge in [-0.1, -0.05) is 11.6 Å². The summed E-state index contributed by atoms with van der Waals surface area (Å²) in [5.41, 5.74) is -1.37. The van der Waals surface area contributed by atoms with Crippen molar-refractivity contribution in [2.45, 2.75) is 50.0 Å². The molecular formula is C25H26ClF3N4O4S. The number of hydrogen-bond donors (Lipinski definition) is 2. The Balaban J connectivity index is 1.38. The number of rotatable bonds is 9. The van der Waals surface area contributed by atoms with Crippen molar-refractivity contribution >= 4 is 52.0 Å². The summed E-state index contributed by atoms with van der Waals surface area (Å²) in [6.07, 6.45) is -1.20. The summed E-state index contributed by atoms with van der Waals surface area (Å²) in [5, 5.41) is 5.23. The van der Waals surface area contributed by atoms with E-state index in [4.69, 9.17) is 16.3 Å². The van der Waals surface area contributed by atoms with E-state index in [1.807, 2.05) is 4.90 Å². The summed E-state index contributed by atoms with van der Waals surface area (Å²) in [5.74, 6) is -1.47. The summed E-state index contributed by atoms with van der Waals surface area (Å²) in [7, 11) is 0. The molecule has 13 heteroatoms. The first-order valence-electron chi connectivity index (χ1n) is 12.3. The number of halogens is 4. The summed E-state index contributed by atoms with van der Waals surface area (Å²) in [6, 6.07) is 6.05. The molecule has 0 spiro atoms. The lowest BCUT2D eigenvalue weighted by Gasteiger charge is -2.32. The monoisotopic (exact) mass is 570 g/mol. The van der Waals surface area contributed by atoms with Crippen LogP contribution < -0.4 is 15.5 Å². The van der Waals surface area contributed by atoms with Crippen LogP contribution in [0.2, 0.25) is 4.34 Å². The van der Waals surface area contributed by atoms with Crippen molar-refractivity contribution in [3.63, 3.8) is 0 Å². The van der Waals surface area contributed by atoms with Crippen LogP contribution in [0, 0.1) is 0 Å². The van der Waals surface area contributed by atoms with Gasteiger partial charge in [-0.25, -0.2) is 0 Å². The Bertz CT molecular complexity index is 1220. The Morgan fingerprint density at radius 2 is 1.87 bits per heavy atom. The third-order valence-corrected chi connectivity index (χ3v) is 7.95. The molecule has 5 rings (SSSR count). The van der Waals surface area contributed by atoms with Crippen molar-refractivity contribution in [2.24, 2.45) is 0 Å². The lowest BCUT2D eigenvalue weighted by atomic mass is 10.1. The molecule has 1 atom stereocenters. The van der Waals surface area contributed by atoms with E-state index >= 15 is 0 Å². The number of alkyl halides is 3. The number of carbonyl (C=O) groups excluding carboxylic acids is 3. The molecule has 2 saturated carbocycles. The number of thiophene rings is 1. The quantitative estimate of drug-likeness (QED) is 0.473. The SMILES string of the molecule is O=C(NC[C@@H](C(=O)Nc1ccc(N2CCOCC2=O)cc1C(F)(F)F)N(C1CC1)C1CC1)c1ccc(Cl)s1. The van der Waals surface area contributed by atoms with Crippen molar-refractivity contribution in [3.05, 3.63) is 45.1 Å². The predicted octanol–water partition coefficient (Wildman–Crippen LogP) is 4.15. The topological polar surface area (TPSA) is 91.0 Å². The van der Waals surface area contributed by atoms with Crippen molar-refractivity contribution in [2.75, 3.05) is 36.5 Å². The van der Waals surface area contributed by atoms with Crippen LogP contribution in [0.25, 0.3) is 0 Å². The van der Waals surface area contributed by atoms with Gasteiger partial charge in [-0.2, -0.15) is 13.2 Å². The highest BCUT2D eigenvalue weighted by molar-refractivity contribution is 7.18. The average molecular weight is 571 g/mol. The number of ether oxygens (including phenoxy) is 1. The molecule has 0 radical (unpaired) electrons. The van der Waals surface area contributed by atoms with E-state index < -0.39 is 41.2 Å². The van der Waals surface area contributed by atoms with Gasteiger partial charge < -0.3 is 20.3 Å². The first kappa shape index (κ1) is 26.9. The highest BCUT2D eigenvalue weighted by Gasteiger charge is 2.46. The zero-order valence-corrected chi connectivity index (χ0v) is 21.8. The van der Waals surface area contributed by atoms with E-state index in [0.717, 1.165) is 43.1 Å². The second-order valence-corrected chi connectivity index (χ2v) is 11.3.